The number of carbonyl (C=O) groups excluding carboxylic acids is 1. The molecule has 1 heterocycles. The van der Waals surface area contributed by atoms with E-state index in [-0.39, 0.29) is 0 Å². The quantitative estimate of drug-likeness (QED) is 0.716. The fourth-order valence-electron chi connectivity index (χ4n) is 2.15. The van der Waals surface area contributed by atoms with Gasteiger partial charge in [-0.05, 0) is 60.6 Å². The average molecular weight is 234 g/mol. The summed E-state index contributed by atoms with van der Waals surface area (Å²) in [6.45, 7) is 0. The van der Waals surface area contributed by atoms with E-state index in [2.05, 4.69) is 16.8 Å². The highest BCUT2D eigenvalue weighted by Gasteiger charge is 2.07. The molecule has 0 aliphatic heterocycles. The summed E-state index contributed by atoms with van der Waals surface area (Å²) in [5, 5.41) is 4.19. The van der Waals surface area contributed by atoms with E-state index >= 15 is 0 Å². The normalized spacial score (nSPS) is 16.1. The topological polar surface area (TPSA) is 17.1 Å². The number of carbonyl (C=O) groups is 1. The lowest BCUT2D eigenvalue weighted by atomic mass is 9.93. The molecule has 1 aromatic heterocycles. The van der Waals surface area contributed by atoms with Crippen LogP contribution in [-0.4, -0.2) is 5.78 Å². The van der Waals surface area contributed by atoms with Crippen molar-refractivity contribution >= 4 is 17.1 Å². The third-order valence-electron chi connectivity index (χ3n) is 3.10. The summed E-state index contributed by atoms with van der Waals surface area (Å²) in [4.78, 5) is 11.7. The first kappa shape index (κ1) is 11.6. The minimum atomic E-state index is 0.308. The maximum absolute atomic E-state index is 11.7. The summed E-state index contributed by atoms with van der Waals surface area (Å²) in [5.74, 6) is 0.308. The second-order valence-electron chi connectivity index (χ2n) is 4.46. The van der Waals surface area contributed by atoms with Gasteiger partial charge in [0.25, 0.3) is 0 Å². The summed E-state index contributed by atoms with van der Waals surface area (Å²) in [6.07, 6.45) is 9.62. The smallest absolute Gasteiger partial charge is 0.155 e. The third kappa shape index (κ3) is 3.60. The summed E-state index contributed by atoms with van der Waals surface area (Å²) in [5.41, 5.74) is 2.67. The van der Waals surface area contributed by atoms with Gasteiger partial charge in [-0.1, -0.05) is 12.0 Å². The van der Waals surface area contributed by atoms with Crippen LogP contribution in [-0.2, 0) is 11.2 Å². The van der Waals surface area contributed by atoms with Gasteiger partial charge in [0.05, 0.1) is 0 Å². The van der Waals surface area contributed by atoms with E-state index in [0.717, 1.165) is 19.3 Å². The molecule has 0 amide bonds. The zero-order valence-corrected chi connectivity index (χ0v) is 10.4. The SMILES string of the molecule is O=C(C=C1CCCCC1)CCc1ccsc1. The van der Waals surface area contributed by atoms with Crippen LogP contribution in [0.2, 0.25) is 0 Å². The van der Waals surface area contributed by atoms with Crippen molar-refractivity contribution < 1.29 is 4.79 Å². The number of ketones is 1. The second kappa shape index (κ2) is 6.00. The van der Waals surface area contributed by atoms with Crippen LogP contribution in [0.1, 0.15) is 44.1 Å². The maximum Gasteiger partial charge on any atom is 0.155 e. The lowest BCUT2D eigenvalue weighted by Gasteiger charge is -2.12. The molecule has 0 spiro atoms. The molecule has 1 aliphatic rings. The number of hydrogen-bond acceptors (Lipinski definition) is 2. The summed E-state index contributed by atoms with van der Waals surface area (Å²) >= 11 is 1.70. The first-order chi connectivity index (χ1) is 7.84. The van der Waals surface area contributed by atoms with Gasteiger partial charge in [-0.2, -0.15) is 11.3 Å². The average Bonchev–Trinajstić information content (AvgIpc) is 2.81. The van der Waals surface area contributed by atoms with E-state index in [1.165, 1.54) is 30.4 Å². The maximum atomic E-state index is 11.7. The minimum absolute atomic E-state index is 0.308. The van der Waals surface area contributed by atoms with E-state index in [4.69, 9.17) is 0 Å². The number of allylic oxidation sites excluding steroid dienone is 2. The molecule has 0 saturated heterocycles. The lowest BCUT2D eigenvalue weighted by molar-refractivity contribution is -0.114. The van der Waals surface area contributed by atoms with E-state index < -0.39 is 0 Å². The van der Waals surface area contributed by atoms with Crippen molar-refractivity contribution in [1.29, 1.82) is 0 Å². The van der Waals surface area contributed by atoms with Crippen LogP contribution in [0, 0.1) is 0 Å². The lowest BCUT2D eigenvalue weighted by Crippen LogP contribution is -2.00. The molecule has 1 saturated carbocycles. The Balaban J connectivity index is 1.79. The molecule has 2 heteroatoms. The van der Waals surface area contributed by atoms with Crippen LogP contribution in [0.5, 0.6) is 0 Å². The molecule has 2 rings (SSSR count). The Labute approximate surface area is 101 Å². The molecule has 0 radical (unpaired) electrons. The summed E-state index contributed by atoms with van der Waals surface area (Å²) in [7, 11) is 0. The van der Waals surface area contributed by atoms with Crippen molar-refractivity contribution in [2.75, 3.05) is 0 Å². The minimum Gasteiger partial charge on any atom is -0.295 e. The molecule has 0 N–H and O–H groups in total. The highest BCUT2D eigenvalue weighted by molar-refractivity contribution is 7.07. The van der Waals surface area contributed by atoms with E-state index in [1.54, 1.807) is 11.3 Å². The van der Waals surface area contributed by atoms with Crippen molar-refractivity contribution in [2.24, 2.45) is 0 Å². The van der Waals surface area contributed by atoms with E-state index in [0.29, 0.717) is 12.2 Å². The molecular formula is C14H18OS. The van der Waals surface area contributed by atoms with Gasteiger partial charge in [0.2, 0.25) is 0 Å². The molecule has 16 heavy (non-hydrogen) atoms. The fraction of sp³-hybridized carbons (Fsp3) is 0.500. The molecule has 1 nitrogen and oxygen atoms in total. The number of rotatable bonds is 4. The Morgan fingerprint density at radius 2 is 2.12 bits per heavy atom. The van der Waals surface area contributed by atoms with Gasteiger partial charge in [-0.15, -0.1) is 0 Å². The van der Waals surface area contributed by atoms with Gasteiger partial charge in [0.15, 0.2) is 5.78 Å². The molecule has 1 fully saturated rings. The Morgan fingerprint density at radius 1 is 1.31 bits per heavy atom. The standard InChI is InChI=1S/C14H18OS/c15-14(7-6-13-8-9-16-11-13)10-12-4-2-1-3-5-12/h8-11H,1-7H2. The van der Waals surface area contributed by atoms with Gasteiger partial charge < -0.3 is 0 Å². The molecule has 0 atom stereocenters. The van der Waals surface area contributed by atoms with Crippen LogP contribution in [0.3, 0.4) is 0 Å². The van der Waals surface area contributed by atoms with Crippen molar-refractivity contribution in [2.45, 2.75) is 44.9 Å². The Hall–Kier alpha value is -0.890. The van der Waals surface area contributed by atoms with E-state index in [1.807, 2.05) is 6.08 Å². The van der Waals surface area contributed by atoms with Gasteiger partial charge in [-0.25, -0.2) is 0 Å². The number of aryl methyl sites for hydroxylation is 1. The summed E-state index contributed by atoms with van der Waals surface area (Å²) in [6, 6.07) is 2.10. The van der Waals surface area contributed by atoms with Gasteiger partial charge >= 0.3 is 0 Å². The molecule has 0 unspecified atom stereocenters. The first-order valence-electron chi connectivity index (χ1n) is 6.08. The third-order valence-corrected chi connectivity index (χ3v) is 3.83. The molecule has 1 aliphatic carbocycles. The predicted octanol–water partition coefficient (Wildman–Crippen LogP) is 4.14. The first-order valence-corrected chi connectivity index (χ1v) is 7.02. The summed E-state index contributed by atoms with van der Waals surface area (Å²) < 4.78 is 0. The van der Waals surface area contributed by atoms with Gasteiger partial charge in [-0.3, -0.25) is 4.79 Å². The number of hydrogen-bond donors (Lipinski definition) is 0. The van der Waals surface area contributed by atoms with Crippen LogP contribution in [0.4, 0.5) is 0 Å². The second-order valence-corrected chi connectivity index (χ2v) is 5.24. The fourth-order valence-corrected chi connectivity index (χ4v) is 2.86. The molecular weight excluding hydrogens is 216 g/mol. The van der Waals surface area contributed by atoms with E-state index in [9.17, 15) is 4.79 Å². The van der Waals surface area contributed by atoms with Crippen molar-refractivity contribution in [3.05, 3.63) is 34.0 Å². The van der Waals surface area contributed by atoms with Crippen LogP contribution >= 0.6 is 11.3 Å². The van der Waals surface area contributed by atoms with Crippen molar-refractivity contribution in [3.8, 4) is 0 Å². The zero-order valence-electron chi connectivity index (χ0n) is 9.58. The largest absolute Gasteiger partial charge is 0.295 e. The molecule has 86 valence electrons. The van der Waals surface area contributed by atoms with Crippen LogP contribution in [0.25, 0.3) is 0 Å². The van der Waals surface area contributed by atoms with Crippen molar-refractivity contribution in [3.63, 3.8) is 0 Å². The zero-order chi connectivity index (χ0) is 11.2. The monoisotopic (exact) mass is 234 g/mol. The molecule has 0 aromatic carbocycles. The molecule has 1 aromatic rings. The van der Waals surface area contributed by atoms with Crippen LogP contribution < -0.4 is 0 Å². The van der Waals surface area contributed by atoms with Gasteiger partial charge in [0, 0.05) is 6.42 Å². The predicted molar refractivity (Wildman–Crippen MR) is 68.8 cm³/mol. The Bertz CT molecular complexity index is 354. The molecule has 0 bridgehead atoms. The highest BCUT2D eigenvalue weighted by atomic mass is 32.1. The van der Waals surface area contributed by atoms with Crippen LogP contribution in [0.15, 0.2) is 28.5 Å². The van der Waals surface area contributed by atoms with Crippen molar-refractivity contribution in [1.82, 2.24) is 0 Å². The number of thiophene rings is 1. The highest BCUT2D eigenvalue weighted by Crippen LogP contribution is 2.22. The Morgan fingerprint density at radius 3 is 2.81 bits per heavy atom. The Kier molecular flexibility index (Phi) is 4.34. The van der Waals surface area contributed by atoms with Gasteiger partial charge in [0.1, 0.15) is 0 Å².